The Kier molecular flexibility index (Phi) is 4.36. The van der Waals surface area contributed by atoms with Crippen molar-refractivity contribution in [2.75, 3.05) is 12.4 Å². The molecule has 0 saturated carbocycles. The van der Waals surface area contributed by atoms with Crippen LogP contribution in [0.3, 0.4) is 0 Å². The predicted molar refractivity (Wildman–Crippen MR) is 77.6 cm³/mol. The molecule has 0 radical (unpaired) electrons. The van der Waals surface area contributed by atoms with Gasteiger partial charge in [0.05, 0.1) is 12.8 Å². The van der Waals surface area contributed by atoms with Crippen molar-refractivity contribution < 1.29 is 14.3 Å². The van der Waals surface area contributed by atoms with Crippen LogP contribution in [0.2, 0.25) is 5.02 Å². The van der Waals surface area contributed by atoms with Gasteiger partial charge in [0.2, 0.25) is 0 Å². The molecular formula is C13H11ClN2O3S. The lowest BCUT2D eigenvalue weighted by molar-refractivity contribution is 0.0607. The van der Waals surface area contributed by atoms with Gasteiger partial charge in [-0.05, 0) is 30.0 Å². The van der Waals surface area contributed by atoms with Gasteiger partial charge in [0.1, 0.15) is 10.6 Å². The van der Waals surface area contributed by atoms with Gasteiger partial charge in [-0.2, -0.15) is 0 Å². The second kappa shape index (κ2) is 6.02. The van der Waals surface area contributed by atoms with Gasteiger partial charge in [-0.15, -0.1) is 11.3 Å². The molecule has 104 valence electrons. The number of hydrogen-bond donors (Lipinski definition) is 1. The molecule has 0 aliphatic rings. The summed E-state index contributed by atoms with van der Waals surface area (Å²) in [5.74, 6) is -0.920. The van der Waals surface area contributed by atoms with E-state index in [-0.39, 0.29) is 5.69 Å². The van der Waals surface area contributed by atoms with E-state index in [2.05, 4.69) is 15.0 Å². The van der Waals surface area contributed by atoms with Crippen LogP contribution in [-0.4, -0.2) is 24.0 Å². The van der Waals surface area contributed by atoms with Crippen LogP contribution in [0.5, 0.6) is 0 Å². The van der Waals surface area contributed by atoms with Gasteiger partial charge in [0.15, 0.2) is 0 Å². The Morgan fingerprint density at radius 1 is 1.45 bits per heavy atom. The number of carbonyl (C=O) groups is 2. The first kappa shape index (κ1) is 14.5. The van der Waals surface area contributed by atoms with Crippen LogP contribution in [0.4, 0.5) is 5.69 Å². The lowest BCUT2D eigenvalue weighted by atomic mass is 10.2. The summed E-state index contributed by atoms with van der Waals surface area (Å²) in [4.78, 5) is 28.0. The minimum absolute atomic E-state index is 0.180. The zero-order valence-corrected chi connectivity index (χ0v) is 12.3. The minimum Gasteiger partial charge on any atom is -0.465 e. The summed E-state index contributed by atoms with van der Waals surface area (Å²) in [6.07, 6.45) is 1.44. The van der Waals surface area contributed by atoms with Crippen molar-refractivity contribution in [1.29, 1.82) is 0 Å². The Hall–Kier alpha value is -1.92. The van der Waals surface area contributed by atoms with Crippen LogP contribution in [0.25, 0.3) is 0 Å². The second-order valence-electron chi connectivity index (χ2n) is 3.93. The summed E-state index contributed by atoms with van der Waals surface area (Å²) in [5, 5.41) is 4.86. The van der Waals surface area contributed by atoms with Crippen LogP contribution in [0.15, 0.2) is 23.7 Å². The number of nitrogens with one attached hydrogen (secondary N) is 1. The number of thiophene rings is 1. The highest BCUT2D eigenvalue weighted by molar-refractivity contribution is 7.12. The highest BCUT2D eigenvalue weighted by atomic mass is 35.5. The number of methoxy groups -OCH3 is 1. The van der Waals surface area contributed by atoms with E-state index in [9.17, 15) is 9.59 Å². The molecule has 0 atom stereocenters. The number of esters is 1. The number of pyridine rings is 1. The van der Waals surface area contributed by atoms with Crippen molar-refractivity contribution in [1.82, 2.24) is 4.98 Å². The predicted octanol–water partition coefficient (Wildman–Crippen LogP) is 3.14. The number of halogens is 1. The van der Waals surface area contributed by atoms with Gasteiger partial charge in [-0.25, -0.2) is 4.79 Å². The second-order valence-corrected chi connectivity index (χ2v) is 5.24. The molecule has 0 fully saturated rings. The van der Waals surface area contributed by atoms with E-state index in [1.54, 1.807) is 18.4 Å². The first-order valence-corrected chi connectivity index (χ1v) is 6.88. The first-order valence-electron chi connectivity index (χ1n) is 5.62. The summed E-state index contributed by atoms with van der Waals surface area (Å²) < 4.78 is 4.68. The van der Waals surface area contributed by atoms with Gasteiger partial charge >= 0.3 is 5.97 Å². The molecule has 0 aliphatic heterocycles. The van der Waals surface area contributed by atoms with E-state index >= 15 is 0 Å². The van der Waals surface area contributed by atoms with Gasteiger partial charge in [0, 0.05) is 11.2 Å². The maximum Gasteiger partial charge on any atom is 0.350 e. The van der Waals surface area contributed by atoms with Crippen molar-refractivity contribution in [2.45, 2.75) is 6.92 Å². The van der Waals surface area contributed by atoms with Gasteiger partial charge < -0.3 is 10.1 Å². The monoisotopic (exact) mass is 310 g/mol. The van der Waals surface area contributed by atoms with E-state index in [0.717, 1.165) is 5.56 Å². The van der Waals surface area contributed by atoms with Crippen LogP contribution >= 0.6 is 22.9 Å². The van der Waals surface area contributed by atoms with Crippen molar-refractivity contribution in [3.8, 4) is 0 Å². The third kappa shape index (κ3) is 2.97. The molecular weight excluding hydrogens is 300 g/mol. The van der Waals surface area contributed by atoms with Gasteiger partial charge in [0.25, 0.3) is 5.91 Å². The lowest BCUT2D eigenvalue weighted by Crippen LogP contribution is -2.16. The molecule has 0 saturated heterocycles. The normalized spacial score (nSPS) is 10.2. The van der Waals surface area contributed by atoms with Crippen LogP contribution < -0.4 is 5.32 Å². The number of amides is 1. The molecule has 7 heteroatoms. The molecule has 2 rings (SSSR count). The smallest absolute Gasteiger partial charge is 0.350 e. The number of nitrogens with zero attached hydrogens (tertiary/aromatic N) is 1. The van der Waals surface area contributed by atoms with E-state index in [4.69, 9.17) is 11.6 Å². The first-order chi connectivity index (χ1) is 9.52. The Morgan fingerprint density at radius 3 is 2.85 bits per heavy atom. The Morgan fingerprint density at radius 2 is 2.20 bits per heavy atom. The summed E-state index contributed by atoms with van der Waals surface area (Å²) >= 11 is 7.03. The molecule has 0 aromatic carbocycles. The molecule has 1 amide bonds. The Bertz CT molecular complexity index is 669. The number of aromatic nitrogens is 1. The molecule has 2 heterocycles. The highest BCUT2D eigenvalue weighted by Gasteiger charge is 2.19. The van der Waals surface area contributed by atoms with Crippen molar-refractivity contribution in [3.05, 3.63) is 44.9 Å². The summed E-state index contributed by atoms with van der Waals surface area (Å²) in [6.45, 7) is 1.80. The van der Waals surface area contributed by atoms with Crippen LogP contribution in [0.1, 0.15) is 25.7 Å². The van der Waals surface area contributed by atoms with E-state index < -0.39 is 11.9 Å². The quantitative estimate of drug-likeness (QED) is 0.884. The fourth-order valence-electron chi connectivity index (χ4n) is 1.55. The number of rotatable bonds is 3. The van der Waals surface area contributed by atoms with Crippen LogP contribution in [0, 0.1) is 6.92 Å². The topological polar surface area (TPSA) is 68.3 Å². The zero-order valence-electron chi connectivity index (χ0n) is 10.8. The number of hydrogen-bond acceptors (Lipinski definition) is 5. The third-order valence-corrected chi connectivity index (χ3v) is 3.85. The molecule has 0 bridgehead atoms. The summed E-state index contributed by atoms with van der Waals surface area (Å²) in [7, 11) is 1.29. The molecule has 5 nitrogen and oxygen atoms in total. The zero-order chi connectivity index (χ0) is 14.7. The Balaban J connectivity index is 2.28. The number of aryl methyl sites for hydroxylation is 1. The van der Waals surface area contributed by atoms with Crippen molar-refractivity contribution >= 4 is 40.5 Å². The van der Waals surface area contributed by atoms with Gasteiger partial charge in [-0.3, -0.25) is 9.78 Å². The highest BCUT2D eigenvalue weighted by Crippen LogP contribution is 2.28. The number of ether oxygens (including phenoxy) is 1. The molecule has 0 aliphatic carbocycles. The Labute approximate surface area is 124 Å². The molecule has 20 heavy (non-hydrogen) atoms. The largest absolute Gasteiger partial charge is 0.465 e. The fraction of sp³-hybridized carbons (Fsp3) is 0.154. The van der Waals surface area contributed by atoms with Crippen molar-refractivity contribution in [3.63, 3.8) is 0 Å². The standard InChI is InChI=1S/C13H11ClN2O3S/c1-7-6-20-11(13(18)19-2)10(7)16-12(17)9-5-8(14)3-4-15-9/h3-6H,1-2H3,(H,16,17). The van der Waals surface area contributed by atoms with Crippen molar-refractivity contribution in [2.24, 2.45) is 0 Å². The van der Waals surface area contributed by atoms with Gasteiger partial charge in [-0.1, -0.05) is 11.6 Å². The SMILES string of the molecule is COC(=O)c1scc(C)c1NC(=O)c1cc(Cl)ccn1. The maximum atomic E-state index is 12.1. The number of anilines is 1. The molecule has 0 spiro atoms. The van der Waals surface area contributed by atoms with E-state index in [0.29, 0.717) is 15.6 Å². The van der Waals surface area contributed by atoms with E-state index in [1.807, 2.05) is 0 Å². The fourth-order valence-corrected chi connectivity index (χ4v) is 2.63. The molecule has 0 unspecified atom stereocenters. The molecule has 2 aromatic heterocycles. The summed E-state index contributed by atoms with van der Waals surface area (Å²) in [5.41, 5.74) is 1.40. The summed E-state index contributed by atoms with van der Waals surface area (Å²) in [6, 6.07) is 3.03. The lowest BCUT2D eigenvalue weighted by Gasteiger charge is -2.07. The average Bonchev–Trinajstić information content (AvgIpc) is 2.79. The van der Waals surface area contributed by atoms with E-state index in [1.165, 1.54) is 30.7 Å². The van der Waals surface area contributed by atoms with Crippen LogP contribution in [-0.2, 0) is 4.74 Å². The third-order valence-electron chi connectivity index (χ3n) is 2.54. The maximum absolute atomic E-state index is 12.1. The number of carbonyl (C=O) groups excluding carboxylic acids is 2. The molecule has 2 aromatic rings. The minimum atomic E-state index is -0.488. The molecule has 1 N–H and O–H groups in total. The average molecular weight is 311 g/mol.